The number of hydrogen-bond acceptors (Lipinski definition) is 3. The molecule has 0 radical (unpaired) electrons. The topological polar surface area (TPSA) is 39.9 Å². The van der Waals surface area contributed by atoms with Gasteiger partial charge in [-0.2, -0.15) is 4.98 Å². The second kappa shape index (κ2) is 4.80. The lowest BCUT2D eigenvalue weighted by Gasteiger charge is -2.03. The number of benzene rings is 1. The number of ether oxygens (including phenoxy) is 1. The molecule has 0 aliphatic heterocycles. The Bertz CT molecular complexity index is 752. The van der Waals surface area contributed by atoms with Crippen LogP contribution in [-0.4, -0.2) is 21.6 Å². The van der Waals surface area contributed by atoms with E-state index in [4.69, 9.17) is 4.74 Å². The van der Waals surface area contributed by atoms with Crippen LogP contribution in [0.15, 0.2) is 36.7 Å². The third-order valence-corrected chi connectivity index (χ3v) is 3.90. The molecule has 0 spiro atoms. The number of methoxy groups -OCH3 is 1. The van der Waals surface area contributed by atoms with Crippen LogP contribution in [0.2, 0.25) is 0 Å². The summed E-state index contributed by atoms with van der Waals surface area (Å²) >= 11 is 2.34. The predicted octanol–water partition coefficient (Wildman–Crippen LogP) is 3.25. The molecular formula is C14H12IN3O. The molecule has 19 heavy (non-hydrogen) atoms. The molecule has 0 aliphatic carbocycles. The van der Waals surface area contributed by atoms with Gasteiger partial charge in [0.2, 0.25) is 5.88 Å². The number of nitrogens with zero attached hydrogens (tertiary/aromatic N) is 3. The Kier molecular flexibility index (Phi) is 3.14. The zero-order chi connectivity index (χ0) is 13.4. The Morgan fingerprint density at radius 2 is 2.11 bits per heavy atom. The largest absolute Gasteiger partial charge is 0.481 e. The average molecular weight is 365 g/mol. The second-order valence-electron chi connectivity index (χ2n) is 4.24. The summed E-state index contributed by atoms with van der Waals surface area (Å²) in [6.07, 6.45) is 3.82. The van der Waals surface area contributed by atoms with Gasteiger partial charge >= 0.3 is 0 Å². The van der Waals surface area contributed by atoms with Crippen molar-refractivity contribution in [1.82, 2.24) is 14.5 Å². The van der Waals surface area contributed by atoms with E-state index in [-0.39, 0.29) is 0 Å². The quantitative estimate of drug-likeness (QED) is 0.655. The molecule has 0 fully saturated rings. The lowest BCUT2D eigenvalue weighted by atomic mass is 10.1. The Hall–Kier alpha value is -1.63. The van der Waals surface area contributed by atoms with Gasteiger partial charge in [-0.15, -0.1) is 0 Å². The van der Waals surface area contributed by atoms with E-state index in [0.717, 1.165) is 5.56 Å². The van der Waals surface area contributed by atoms with Crippen LogP contribution >= 0.6 is 22.6 Å². The van der Waals surface area contributed by atoms with Crippen molar-refractivity contribution in [2.45, 2.75) is 0 Å². The van der Waals surface area contributed by atoms with Gasteiger partial charge in [0.05, 0.1) is 7.11 Å². The highest BCUT2D eigenvalue weighted by atomic mass is 127. The van der Waals surface area contributed by atoms with Gasteiger partial charge in [0.1, 0.15) is 0 Å². The molecule has 0 saturated heterocycles. The molecule has 3 rings (SSSR count). The standard InChI is InChI=1S/C14H12IN3O/c1-18-8-11(15)10-7-9(3-4-12(10)18)14-16-6-5-13(17-14)19-2/h3-8H,1-2H3. The molecule has 0 aliphatic rings. The SMILES string of the molecule is COc1ccnc(-c2ccc3c(c2)c(I)cn3C)n1. The maximum absolute atomic E-state index is 5.13. The molecule has 4 nitrogen and oxygen atoms in total. The summed E-state index contributed by atoms with van der Waals surface area (Å²) in [6.45, 7) is 0. The van der Waals surface area contributed by atoms with Crippen LogP contribution in [-0.2, 0) is 7.05 Å². The van der Waals surface area contributed by atoms with Crippen LogP contribution in [0.5, 0.6) is 5.88 Å². The first-order chi connectivity index (χ1) is 9.19. The highest BCUT2D eigenvalue weighted by Gasteiger charge is 2.08. The summed E-state index contributed by atoms with van der Waals surface area (Å²) in [4.78, 5) is 8.66. The molecule has 3 aromatic rings. The molecule has 0 atom stereocenters. The van der Waals surface area contributed by atoms with Crippen LogP contribution in [0.4, 0.5) is 0 Å². The van der Waals surface area contributed by atoms with Gasteiger partial charge in [0.25, 0.3) is 0 Å². The lowest BCUT2D eigenvalue weighted by molar-refractivity contribution is 0.397. The monoisotopic (exact) mass is 365 g/mol. The van der Waals surface area contributed by atoms with Gasteiger partial charge in [0.15, 0.2) is 5.82 Å². The van der Waals surface area contributed by atoms with Crippen LogP contribution < -0.4 is 4.74 Å². The minimum Gasteiger partial charge on any atom is -0.481 e. The first kappa shape index (κ1) is 12.4. The van der Waals surface area contributed by atoms with Crippen LogP contribution in [0.1, 0.15) is 0 Å². The molecule has 5 heteroatoms. The maximum Gasteiger partial charge on any atom is 0.216 e. The Morgan fingerprint density at radius 1 is 1.26 bits per heavy atom. The van der Waals surface area contributed by atoms with Crippen molar-refractivity contribution in [3.63, 3.8) is 0 Å². The summed E-state index contributed by atoms with van der Waals surface area (Å²) in [5.74, 6) is 1.26. The van der Waals surface area contributed by atoms with Gasteiger partial charge in [0, 0.05) is 45.5 Å². The number of halogens is 1. The molecular weight excluding hydrogens is 353 g/mol. The molecule has 2 aromatic heterocycles. The smallest absolute Gasteiger partial charge is 0.216 e. The van der Waals surface area contributed by atoms with Crippen molar-refractivity contribution in [2.24, 2.45) is 7.05 Å². The Morgan fingerprint density at radius 3 is 2.89 bits per heavy atom. The number of rotatable bonds is 2. The van der Waals surface area contributed by atoms with Crippen LogP contribution in [0.3, 0.4) is 0 Å². The van der Waals surface area contributed by atoms with Gasteiger partial charge in [-0.25, -0.2) is 4.98 Å². The van der Waals surface area contributed by atoms with E-state index in [9.17, 15) is 0 Å². The molecule has 0 bridgehead atoms. The van der Waals surface area contributed by atoms with E-state index >= 15 is 0 Å². The predicted molar refractivity (Wildman–Crippen MR) is 83.2 cm³/mol. The van der Waals surface area contributed by atoms with Crippen molar-refractivity contribution in [2.75, 3.05) is 7.11 Å². The summed E-state index contributed by atoms with van der Waals surface area (Å²) < 4.78 is 8.48. The van der Waals surface area contributed by atoms with Crippen molar-refractivity contribution in [3.8, 4) is 17.3 Å². The number of aryl methyl sites for hydroxylation is 1. The third-order valence-electron chi connectivity index (χ3n) is 3.04. The van der Waals surface area contributed by atoms with E-state index in [1.54, 1.807) is 19.4 Å². The zero-order valence-electron chi connectivity index (χ0n) is 10.6. The first-order valence-corrected chi connectivity index (χ1v) is 6.89. The molecule has 0 N–H and O–H groups in total. The fourth-order valence-corrected chi connectivity index (χ4v) is 2.93. The molecule has 0 saturated carbocycles. The fourth-order valence-electron chi connectivity index (χ4n) is 2.08. The van der Waals surface area contributed by atoms with Gasteiger partial charge in [-0.1, -0.05) is 0 Å². The van der Waals surface area contributed by atoms with Gasteiger partial charge in [-0.3, -0.25) is 0 Å². The van der Waals surface area contributed by atoms with Crippen LogP contribution in [0.25, 0.3) is 22.3 Å². The van der Waals surface area contributed by atoms with Crippen molar-refractivity contribution >= 4 is 33.5 Å². The highest BCUT2D eigenvalue weighted by molar-refractivity contribution is 14.1. The third kappa shape index (κ3) is 2.18. The van der Waals surface area contributed by atoms with E-state index in [0.29, 0.717) is 11.7 Å². The molecule has 0 amide bonds. The van der Waals surface area contributed by atoms with Crippen molar-refractivity contribution < 1.29 is 4.74 Å². The minimum atomic E-state index is 0.577. The van der Waals surface area contributed by atoms with E-state index in [1.165, 1.54) is 14.5 Å². The van der Waals surface area contributed by atoms with Crippen LogP contribution in [0, 0.1) is 3.57 Å². The van der Waals surface area contributed by atoms with Gasteiger partial charge in [-0.05, 0) is 40.8 Å². The van der Waals surface area contributed by atoms with E-state index in [1.807, 2.05) is 13.1 Å². The van der Waals surface area contributed by atoms with E-state index in [2.05, 4.69) is 55.5 Å². The molecule has 2 heterocycles. The molecule has 1 aromatic carbocycles. The number of aromatic nitrogens is 3. The summed E-state index contributed by atoms with van der Waals surface area (Å²) in [5.41, 5.74) is 2.20. The Labute approximate surface area is 124 Å². The second-order valence-corrected chi connectivity index (χ2v) is 5.40. The fraction of sp³-hybridized carbons (Fsp3) is 0.143. The zero-order valence-corrected chi connectivity index (χ0v) is 12.7. The highest BCUT2D eigenvalue weighted by Crippen LogP contribution is 2.27. The van der Waals surface area contributed by atoms with E-state index < -0.39 is 0 Å². The minimum absolute atomic E-state index is 0.577. The van der Waals surface area contributed by atoms with Crippen molar-refractivity contribution in [3.05, 3.63) is 40.2 Å². The van der Waals surface area contributed by atoms with Gasteiger partial charge < -0.3 is 9.30 Å². The summed E-state index contributed by atoms with van der Waals surface area (Å²) in [5, 5.41) is 1.21. The maximum atomic E-state index is 5.13. The summed E-state index contributed by atoms with van der Waals surface area (Å²) in [6, 6.07) is 7.99. The molecule has 96 valence electrons. The number of fused-ring (bicyclic) bond motifs is 1. The average Bonchev–Trinajstić information content (AvgIpc) is 2.74. The van der Waals surface area contributed by atoms with Crippen molar-refractivity contribution in [1.29, 1.82) is 0 Å². The first-order valence-electron chi connectivity index (χ1n) is 5.81. The Balaban J connectivity index is 2.17. The lowest BCUT2D eigenvalue weighted by Crippen LogP contribution is -1.93. The molecule has 0 unspecified atom stereocenters. The normalized spacial score (nSPS) is 10.9. The summed E-state index contributed by atoms with van der Waals surface area (Å²) in [7, 11) is 3.65. The number of hydrogen-bond donors (Lipinski definition) is 0.